The maximum atomic E-state index is 11.4. The molecule has 5 nitrogen and oxygen atoms in total. The van der Waals surface area contributed by atoms with Gasteiger partial charge in [0, 0.05) is 44.0 Å². The van der Waals surface area contributed by atoms with Crippen molar-refractivity contribution in [3.8, 4) is 0 Å². The maximum absolute atomic E-state index is 11.4. The number of nitrogens with zero attached hydrogens (tertiary/aromatic N) is 3. The summed E-state index contributed by atoms with van der Waals surface area (Å²) in [5, 5.41) is 3.80. The summed E-state index contributed by atoms with van der Waals surface area (Å²) in [6.45, 7) is 2.00. The molecule has 0 bridgehead atoms. The van der Waals surface area contributed by atoms with Gasteiger partial charge in [0.25, 0.3) is 0 Å². The van der Waals surface area contributed by atoms with Crippen molar-refractivity contribution < 1.29 is 4.79 Å². The van der Waals surface area contributed by atoms with Crippen LogP contribution in [0.4, 0.5) is 5.13 Å². The van der Waals surface area contributed by atoms with Gasteiger partial charge in [-0.3, -0.25) is 4.79 Å². The molecular formula is C15H24N4OS. The number of carbonyl (C=O) groups is 1. The molecule has 3 rings (SSSR count). The lowest BCUT2D eigenvalue weighted by molar-refractivity contribution is -0.121. The lowest BCUT2D eigenvalue weighted by atomic mass is 9.93. The van der Waals surface area contributed by atoms with E-state index in [0.29, 0.717) is 18.3 Å². The molecule has 1 aromatic rings. The van der Waals surface area contributed by atoms with Crippen LogP contribution in [-0.4, -0.2) is 35.4 Å². The Balaban J connectivity index is 1.53. The van der Waals surface area contributed by atoms with Gasteiger partial charge in [-0.2, -0.15) is 4.37 Å². The highest BCUT2D eigenvalue weighted by molar-refractivity contribution is 7.09. The number of rotatable bonds is 4. The van der Waals surface area contributed by atoms with E-state index in [9.17, 15) is 4.79 Å². The highest BCUT2D eigenvalue weighted by atomic mass is 32.1. The average Bonchev–Trinajstić information content (AvgIpc) is 3.19. The number of carbonyl (C=O) groups excluding carboxylic acids is 1. The zero-order valence-corrected chi connectivity index (χ0v) is 13.5. The molecule has 1 saturated carbocycles. The molecule has 1 aliphatic heterocycles. The first-order chi connectivity index (χ1) is 10.3. The number of amides is 1. The van der Waals surface area contributed by atoms with Crippen LogP contribution in [0.1, 0.15) is 56.7 Å². The molecule has 0 spiro atoms. The van der Waals surface area contributed by atoms with E-state index < -0.39 is 0 Å². The molecule has 1 aromatic heterocycles. The lowest BCUT2D eigenvalue weighted by Gasteiger charge is -2.31. The molecule has 1 amide bonds. The topological polar surface area (TPSA) is 58.1 Å². The number of anilines is 1. The Labute approximate surface area is 130 Å². The van der Waals surface area contributed by atoms with Crippen LogP contribution in [0.3, 0.4) is 0 Å². The van der Waals surface area contributed by atoms with E-state index in [1.54, 1.807) is 18.6 Å². The summed E-state index contributed by atoms with van der Waals surface area (Å²) in [7, 11) is 1.71. The van der Waals surface area contributed by atoms with Gasteiger partial charge >= 0.3 is 0 Å². The minimum atomic E-state index is 0.160. The summed E-state index contributed by atoms with van der Waals surface area (Å²) < 4.78 is 4.58. The third kappa shape index (κ3) is 3.54. The highest BCUT2D eigenvalue weighted by Crippen LogP contribution is 2.35. The summed E-state index contributed by atoms with van der Waals surface area (Å²) in [4.78, 5) is 18.6. The Kier molecular flexibility index (Phi) is 4.73. The molecule has 1 saturated heterocycles. The van der Waals surface area contributed by atoms with Gasteiger partial charge < -0.3 is 10.2 Å². The lowest BCUT2D eigenvalue weighted by Crippen LogP contribution is -2.35. The Morgan fingerprint density at radius 2 is 2.00 bits per heavy atom. The maximum Gasteiger partial charge on any atom is 0.220 e. The molecule has 2 aliphatic rings. The summed E-state index contributed by atoms with van der Waals surface area (Å²) in [5.41, 5.74) is 0. The quantitative estimate of drug-likeness (QED) is 0.928. The second-order valence-corrected chi connectivity index (χ2v) is 6.95. The fraction of sp³-hybridized carbons (Fsp3) is 0.800. The fourth-order valence-electron chi connectivity index (χ4n) is 3.40. The third-order valence-corrected chi connectivity index (χ3v) is 5.58. The second kappa shape index (κ2) is 6.73. The zero-order valence-electron chi connectivity index (χ0n) is 12.7. The van der Waals surface area contributed by atoms with Crippen molar-refractivity contribution in [1.29, 1.82) is 0 Å². The van der Waals surface area contributed by atoms with Gasteiger partial charge in [0.2, 0.25) is 11.0 Å². The van der Waals surface area contributed by atoms with E-state index >= 15 is 0 Å². The van der Waals surface area contributed by atoms with Gasteiger partial charge in [-0.25, -0.2) is 4.98 Å². The monoisotopic (exact) mass is 308 g/mol. The zero-order chi connectivity index (χ0) is 14.7. The summed E-state index contributed by atoms with van der Waals surface area (Å²) >= 11 is 1.55. The van der Waals surface area contributed by atoms with Crippen molar-refractivity contribution in [1.82, 2.24) is 14.7 Å². The SMILES string of the molecule is CNC(=O)CC1CCN(c2nc(C3CCCC3)ns2)CC1. The first-order valence-electron chi connectivity index (χ1n) is 8.05. The van der Waals surface area contributed by atoms with E-state index in [-0.39, 0.29) is 5.91 Å². The van der Waals surface area contributed by atoms with Crippen LogP contribution in [0.2, 0.25) is 0 Å². The Bertz CT molecular complexity index is 476. The molecule has 0 aromatic carbocycles. The summed E-state index contributed by atoms with van der Waals surface area (Å²) in [6, 6.07) is 0. The van der Waals surface area contributed by atoms with Crippen molar-refractivity contribution >= 4 is 22.6 Å². The standard InChI is InChI=1S/C15H24N4OS/c1-16-13(20)10-11-6-8-19(9-7-11)15-17-14(18-21-15)12-4-2-3-5-12/h11-12H,2-10H2,1H3,(H,16,20). The van der Waals surface area contributed by atoms with Gasteiger partial charge in [-0.05, 0) is 31.6 Å². The molecule has 2 heterocycles. The molecule has 1 N–H and O–H groups in total. The molecule has 116 valence electrons. The van der Waals surface area contributed by atoms with E-state index in [1.165, 1.54) is 25.7 Å². The molecule has 0 atom stereocenters. The third-order valence-electron chi connectivity index (χ3n) is 4.79. The molecule has 21 heavy (non-hydrogen) atoms. The van der Waals surface area contributed by atoms with Crippen LogP contribution in [0.15, 0.2) is 0 Å². The van der Waals surface area contributed by atoms with E-state index in [4.69, 9.17) is 4.98 Å². The van der Waals surface area contributed by atoms with Crippen molar-refractivity contribution in [2.45, 2.75) is 50.9 Å². The normalized spacial score (nSPS) is 20.9. The minimum Gasteiger partial charge on any atom is -0.359 e. The highest BCUT2D eigenvalue weighted by Gasteiger charge is 2.25. The van der Waals surface area contributed by atoms with E-state index in [0.717, 1.165) is 36.9 Å². The van der Waals surface area contributed by atoms with Crippen molar-refractivity contribution in [3.05, 3.63) is 5.82 Å². The molecule has 1 aliphatic carbocycles. The minimum absolute atomic E-state index is 0.160. The predicted octanol–water partition coefficient (Wildman–Crippen LogP) is 2.55. The largest absolute Gasteiger partial charge is 0.359 e. The number of piperidine rings is 1. The fourth-order valence-corrected chi connectivity index (χ4v) is 4.19. The number of aromatic nitrogens is 2. The van der Waals surface area contributed by atoms with Crippen LogP contribution < -0.4 is 10.2 Å². The Morgan fingerprint density at radius 3 is 2.67 bits per heavy atom. The van der Waals surface area contributed by atoms with Crippen LogP contribution in [0, 0.1) is 5.92 Å². The van der Waals surface area contributed by atoms with Gasteiger partial charge in [-0.15, -0.1) is 0 Å². The van der Waals surface area contributed by atoms with Gasteiger partial charge in [0.1, 0.15) is 5.82 Å². The molecule has 6 heteroatoms. The molecule has 2 fully saturated rings. The average molecular weight is 308 g/mol. The summed E-state index contributed by atoms with van der Waals surface area (Å²) in [6.07, 6.45) is 7.97. The first-order valence-corrected chi connectivity index (χ1v) is 8.82. The Hall–Kier alpha value is -1.17. The number of hydrogen-bond donors (Lipinski definition) is 1. The van der Waals surface area contributed by atoms with E-state index in [2.05, 4.69) is 14.6 Å². The van der Waals surface area contributed by atoms with Crippen molar-refractivity contribution in [3.63, 3.8) is 0 Å². The van der Waals surface area contributed by atoms with Gasteiger partial charge in [0.15, 0.2) is 0 Å². The predicted molar refractivity (Wildman–Crippen MR) is 84.7 cm³/mol. The molecule has 0 radical (unpaired) electrons. The van der Waals surface area contributed by atoms with Crippen LogP contribution >= 0.6 is 11.5 Å². The summed E-state index contributed by atoms with van der Waals surface area (Å²) in [5.74, 6) is 2.34. The van der Waals surface area contributed by atoms with Crippen molar-refractivity contribution in [2.75, 3.05) is 25.0 Å². The van der Waals surface area contributed by atoms with Crippen LogP contribution in [-0.2, 0) is 4.79 Å². The second-order valence-electron chi connectivity index (χ2n) is 6.22. The smallest absolute Gasteiger partial charge is 0.220 e. The first kappa shape index (κ1) is 14.8. The van der Waals surface area contributed by atoms with E-state index in [1.807, 2.05) is 0 Å². The van der Waals surface area contributed by atoms with Crippen LogP contribution in [0.5, 0.6) is 0 Å². The van der Waals surface area contributed by atoms with Gasteiger partial charge in [-0.1, -0.05) is 12.8 Å². The molecule has 0 unspecified atom stereocenters. The van der Waals surface area contributed by atoms with Crippen LogP contribution in [0.25, 0.3) is 0 Å². The van der Waals surface area contributed by atoms with Crippen molar-refractivity contribution in [2.24, 2.45) is 5.92 Å². The molecular weight excluding hydrogens is 284 g/mol. The number of nitrogens with one attached hydrogen (secondary N) is 1. The van der Waals surface area contributed by atoms with Gasteiger partial charge in [0.05, 0.1) is 0 Å². The number of hydrogen-bond acceptors (Lipinski definition) is 5. The Morgan fingerprint density at radius 1 is 1.29 bits per heavy atom.